The van der Waals surface area contributed by atoms with Gasteiger partial charge in [0.15, 0.2) is 17.2 Å². The number of anilines is 1. The van der Waals surface area contributed by atoms with Crippen molar-refractivity contribution in [3.05, 3.63) is 23.3 Å². The Morgan fingerprint density at radius 2 is 1.76 bits per heavy atom. The fraction of sp³-hybridized carbons (Fsp3) is 0.643. The third-order valence-corrected chi connectivity index (χ3v) is 10.6. The molecule has 1 aromatic rings. The summed E-state index contributed by atoms with van der Waals surface area (Å²) in [6.07, 6.45) is -5.47. The maximum atomic E-state index is 14.2. The molecule has 0 radical (unpaired) electrons. The number of rotatable bonds is 5. The van der Waals surface area contributed by atoms with E-state index in [0.717, 1.165) is 0 Å². The first-order valence-electron chi connectivity index (χ1n) is 13.6. The molecule has 1 aromatic carbocycles. The SMILES string of the molecule is CC(C)[C@H]1C(O)[C@@H](C(N)=O)C(=O)[C@]2(O)C(O)[C@H]3C(=O)c4c(ccc(NC(=O)NCCBr)c4O)[C@@H](C)[C@]3(C)[C@@H](O)[C@]12C. The standard InChI is InChI=1S/C28H38BrN3O9/c1-10(2)16-20(35)15(23(30)38)21(36)28(41)22(37)17-19(34)14-12(11(3)26(17,4)24(39)27(16,28)5)6-7-13(18(14)33)32-25(40)31-9-8-29/h6-7,10-11,15-17,20,22,24,33,35,37,39,41H,8-9H2,1-5H3,(H2,30,38)(H2,31,32,40)/t11-,15-,16+,17-,20?,22?,24-,26+,27+,28+/m1/s1. The lowest BCUT2D eigenvalue weighted by atomic mass is 9.36. The van der Waals surface area contributed by atoms with Gasteiger partial charge < -0.3 is 41.9 Å². The van der Waals surface area contributed by atoms with E-state index >= 15 is 0 Å². The number of fused-ring (bicyclic) bond motifs is 3. The highest BCUT2D eigenvalue weighted by molar-refractivity contribution is 9.09. The number of urea groups is 1. The number of aliphatic hydroxyl groups is 4. The molecule has 9 N–H and O–H groups in total. The fourth-order valence-corrected chi connectivity index (χ4v) is 8.39. The number of primary amides is 1. The molecule has 226 valence electrons. The van der Waals surface area contributed by atoms with Crippen LogP contribution in [0.4, 0.5) is 10.5 Å². The molecule has 0 saturated heterocycles. The molecule has 2 saturated carbocycles. The molecule has 3 aliphatic rings. The van der Waals surface area contributed by atoms with Crippen LogP contribution in [-0.4, -0.2) is 84.8 Å². The largest absolute Gasteiger partial charge is 0.505 e. The van der Waals surface area contributed by atoms with Crippen LogP contribution in [0.15, 0.2) is 12.1 Å². The van der Waals surface area contributed by atoms with Crippen LogP contribution in [-0.2, 0) is 9.59 Å². The Morgan fingerprint density at radius 1 is 1.15 bits per heavy atom. The molecule has 2 fully saturated rings. The highest BCUT2D eigenvalue weighted by Crippen LogP contribution is 2.68. The zero-order valence-electron chi connectivity index (χ0n) is 23.5. The Morgan fingerprint density at radius 3 is 2.29 bits per heavy atom. The second-order valence-electron chi connectivity index (χ2n) is 12.3. The summed E-state index contributed by atoms with van der Waals surface area (Å²) < 4.78 is 0. The van der Waals surface area contributed by atoms with E-state index in [-0.39, 0.29) is 11.3 Å². The number of phenols is 1. The summed E-state index contributed by atoms with van der Waals surface area (Å²) in [6, 6.07) is 2.31. The van der Waals surface area contributed by atoms with Crippen molar-refractivity contribution >= 4 is 45.1 Å². The van der Waals surface area contributed by atoms with Crippen LogP contribution in [0.3, 0.4) is 0 Å². The number of nitrogens with one attached hydrogen (secondary N) is 2. The number of carbonyl (C=O) groups excluding carboxylic acids is 4. The van der Waals surface area contributed by atoms with Crippen LogP contribution in [0.2, 0.25) is 0 Å². The fourth-order valence-electron chi connectivity index (χ4n) is 8.19. The highest BCUT2D eigenvalue weighted by atomic mass is 79.9. The number of nitrogens with two attached hydrogens (primary N) is 1. The number of ketones is 2. The number of halogens is 1. The van der Waals surface area contributed by atoms with Crippen molar-refractivity contribution in [3.63, 3.8) is 0 Å². The number of amides is 3. The van der Waals surface area contributed by atoms with Gasteiger partial charge in [0.05, 0.1) is 29.4 Å². The smallest absolute Gasteiger partial charge is 0.319 e. The first kappa shape index (κ1) is 31.4. The lowest BCUT2D eigenvalue weighted by Crippen LogP contribution is -2.83. The van der Waals surface area contributed by atoms with Gasteiger partial charge in [-0.3, -0.25) is 14.4 Å². The number of alkyl halides is 1. The molecule has 3 amide bonds. The second-order valence-corrected chi connectivity index (χ2v) is 13.1. The van der Waals surface area contributed by atoms with E-state index in [0.29, 0.717) is 17.4 Å². The molecule has 0 spiro atoms. The van der Waals surface area contributed by atoms with Gasteiger partial charge in [0.2, 0.25) is 5.91 Å². The summed E-state index contributed by atoms with van der Waals surface area (Å²) in [7, 11) is 0. The van der Waals surface area contributed by atoms with E-state index < -0.39 is 93.6 Å². The average molecular weight is 641 g/mol. The van der Waals surface area contributed by atoms with Gasteiger partial charge in [-0.2, -0.15) is 0 Å². The summed E-state index contributed by atoms with van der Waals surface area (Å²) in [5.41, 5.74) is -0.799. The van der Waals surface area contributed by atoms with Gasteiger partial charge in [-0.05, 0) is 29.4 Å². The summed E-state index contributed by atoms with van der Waals surface area (Å²) in [6.45, 7) is 8.30. The van der Waals surface area contributed by atoms with E-state index in [4.69, 9.17) is 5.73 Å². The minimum Gasteiger partial charge on any atom is -0.505 e. The highest BCUT2D eigenvalue weighted by Gasteiger charge is 2.80. The van der Waals surface area contributed by atoms with E-state index in [1.807, 2.05) is 0 Å². The number of benzene rings is 1. The minimum atomic E-state index is -2.86. The van der Waals surface area contributed by atoms with E-state index in [1.54, 1.807) is 27.7 Å². The molecule has 41 heavy (non-hydrogen) atoms. The molecular weight excluding hydrogens is 602 g/mol. The van der Waals surface area contributed by atoms with E-state index in [2.05, 4.69) is 26.6 Å². The molecule has 0 bridgehead atoms. The van der Waals surface area contributed by atoms with Gasteiger partial charge in [0.25, 0.3) is 0 Å². The first-order chi connectivity index (χ1) is 18.9. The number of hydrogen-bond acceptors (Lipinski definition) is 9. The van der Waals surface area contributed by atoms with Crippen molar-refractivity contribution in [1.82, 2.24) is 5.32 Å². The maximum absolute atomic E-state index is 14.2. The zero-order valence-corrected chi connectivity index (χ0v) is 25.1. The van der Waals surface area contributed by atoms with Crippen molar-refractivity contribution in [2.45, 2.75) is 64.4 Å². The summed E-state index contributed by atoms with van der Waals surface area (Å²) in [5, 5.41) is 64.1. The molecule has 0 heterocycles. The quantitative estimate of drug-likeness (QED) is 0.128. The molecule has 13 heteroatoms. The lowest BCUT2D eigenvalue weighted by Gasteiger charge is -2.69. The first-order valence-corrected chi connectivity index (χ1v) is 14.7. The number of Topliss-reactive ketones (excluding diaryl/α,β-unsaturated/α-hetero) is 2. The molecule has 10 atom stereocenters. The van der Waals surface area contributed by atoms with Crippen LogP contribution in [0.5, 0.6) is 5.75 Å². The van der Waals surface area contributed by atoms with Crippen molar-refractivity contribution in [3.8, 4) is 5.75 Å². The Hall–Kier alpha value is -2.58. The monoisotopic (exact) mass is 639 g/mol. The number of phenolic OH excluding ortho intramolecular Hbond substituents is 1. The van der Waals surface area contributed by atoms with Crippen molar-refractivity contribution in [2.75, 3.05) is 17.2 Å². The predicted octanol–water partition coefficient (Wildman–Crippen LogP) is 0.621. The number of aromatic hydroxyl groups is 1. The molecule has 12 nitrogen and oxygen atoms in total. The molecule has 0 aromatic heterocycles. The van der Waals surface area contributed by atoms with Crippen LogP contribution in [0.25, 0.3) is 0 Å². The van der Waals surface area contributed by atoms with E-state index in [1.165, 1.54) is 19.1 Å². The second kappa shape index (κ2) is 10.3. The van der Waals surface area contributed by atoms with Crippen molar-refractivity contribution in [1.29, 1.82) is 0 Å². The average Bonchev–Trinajstić information content (AvgIpc) is 2.88. The zero-order chi connectivity index (χ0) is 31.0. The van der Waals surface area contributed by atoms with Gasteiger partial charge in [-0.1, -0.05) is 56.6 Å². The lowest BCUT2D eigenvalue weighted by molar-refractivity contribution is -0.306. The molecule has 4 rings (SSSR count). The van der Waals surface area contributed by atoms with Gasteiger partial charge in [0, 0.05) is 22.7 Å². The van der Waals surface area contributed by atoms with Crippen LogP contribution < -0.4 is 16.4 Å². The number of carbonyl (C=O) groups is 4. The Kier molecular flexibility index (Phi) is 7.88. The predicted molar refractivity (Wildman–Crippen MR) is 150 cm³/mol. The third kappa shape index (κ3) is 3.92. The third-order valence-electron chi connectivity index (χ3n) is 10.2. The van der Waals surface area contributed by atoms with Crippen molar-refractivity contribution in [2.24, 2.45) is 40.2 Å². The Bertz CT molecular complexity index is 1310. The van der Waals surface area contributed by atoms with Crippen LogP contribution in [0, 0.1) is 34.5 Å². The Balaban J connectivity index is 1.94. The topological polar surface area (TPSA) is 220 Å². The van der Waals surface area contributed by atoms with Gasteiger partial charge >= 0.3 is 6.03 Å². The number of hydrogen-bond donors (Lipinski definition) is 8. The van der Waals surface area contributed by atoms with Crippen molar-refractivity contribution < 1.29 is 44.7 Å². The minimum absolute atomic E-state index is 0.0834. The Labute approximate surface area is 245 Å². The molecule has 2 unspecified atom stereocenters. The molecule has 3 aliphatic carbocycles. The van der Waals surface area contributed by atoms with Gasteiger partial charge in [-0.15, -0.1) is 0 Å². The van der Waals surface area contributed by atoms with Gasteiger partial charge in [-0.25, -0.2) is 4.79 Å². The molecule has 0 aliphatic heterocycles. The van der Waals surface area contributed by atoms with Crippen LogP contribution >= 0.6 is 15.9 Å². The summed E-state index contributed by atoms with van der Waals surface area (Å²) in [5.74, 6) is -9.76. The van der Waals surface area contributed by atoms with Gasteiger partial charge in [0.1, 0.15) is 17.8 Å². The van der Waals surface area contributed by atoms with Crippen LogP contribution in [0.1, 0.15) is 56.5 Å². The molecular formula is C28H38BrN3O9. The summed E-state index contributed by atoms with van der Waals surface area (Å²) >= 11 is 3.19. The normalized spacial score (nSPS) is 39.9. The maximum Gasteiger partial charge on any atom is 0.319 e. The summed E-state index contributed by atoms with van der Waals surface area (Å²) in [4.78, 5) is 52.6. The van der Waals surface area contributed by atoms with E-state index in [9.17, 15) is 44.7 Å². The number of aliphatic hydroxyl groups excluding tert-OH is 3.